The molecule has 0 atom stereocenters. The van der Waals surface area contributed by atoms with Crippen molar-refractivity contribution in [2.75, 3.05) is 13.1 Å². The van der Waals surface area contributed by atoms with Crippen LogP contribution in [-0.2, 0) is 0 Å². The van der Waals surface area contributed by atoms with Crippen molar-refractivity contribution in [3.8, 4) is 5.88 Å². The topological polar surface area (TPSA) is 68.2 Å². The van der Waals surface area contributed by atoms with Gasteiger partial charge >= 0.3 is 0 Å². The molecule has 0 saturated carbocycles. The summed E-state index contributed by atoms with van der Waals surface area (Å²) in [6.07, 6.45) is 1.54. The molecule has 3 heterocycles. The molecule has 0 aliphatic carbocycles. The molecule has 1 saturated heterocycles. The predicted molar refractivity (Wildman–Crippen MR) is 87.0 cm³/mol. The number of benzene rings is 1. The van der Waals surface area contributed by atoms with Crippen LogP contribution in [0.3, 0.4) is 0 Å². The number of carbonyl (C=O) groups excluding carboxylic acids is 1. The molecule has 0 bridgehead atoms. The summed E-state index contributed by atoms with van der Waals surface area (Å²) in [7, 11) is 0. The lowest BCUT2D eigenvalue weighted by Gasteiger charge is -2.38. The van der Waals surface area contributed by atoms with Gasteiger partial charge in [0.05, 0.1) is 24.8 Å². The van der Waals surface area contributed by atoms with Crippen LogP contribution in [-0.4, -0.2) is 43.7 Å². The van der Waals surface area contributed by atoms with Crippen molar-refractivity contribution in [2.45, 2.75) is 6.10 Å². The van der Waals surface area contributed by atoms with E-state index < -0.39 is 0 Å². The molecule has 0 N–H and O–H groups in total. The minimum atomic E-state index is -0.0870. The highest BCUT2D eigenvalue weighted by molar-refractivity contribution is 7.00. The summed E-state index contributed by atoms with van der Waals surface area (Å²) in [6.45, 7) is 1.03. The van der Waals surface area contributed by atoms with E-state index in [1.807, 2.05) is 6.07 Å². The number of hydrogen-bond acceptors (Lipinski definition) is 6. The Morgan fingerprint density at radius 1 is 1.26 bits per heavy atom. The lowest BCUT2D eigenvalue weighted by molar-refractivity contribution is 0.0161. The van der Waals surface area contributed by atoms with E-state index in [1.165, 1.54) is 0 Å². The van der Waals surface area contributed by atoms with Crippen LogP contribution >= 0.6 is 23.3 Å². The van der Waals surface area contributed by atoms with Gasteiger partial charge in [0.15, 0.2) is 0 Å². The zero-order chi connectivity index (χ0) is 15.8. The molecular weight excluding hydrogens is 336 g/mol. The highest BCUT2D eigenvalue weighted by Gasteiger charge is 2.33. The molecule has 6 nitrogen and oxygen atoms in total. The van der Waals surface area contributed by atoms with Crippen molar-refractivity contribution in [1.82, 2.24) is 18.6 Å². The molecule has 1 amide bonds. The number of likely N-dealkylation sites (tertiary alicyclic amines) is 1. The minimum absolute atomic E-state index is 0.0353. The van der Waals surface area contributed by atoms with Crippen LogP contribution in [0.15, 0.2) is 36.5 Å². The van der Waals surface area contributed by atoms with Gasteiger partial charge in [-0.05, 0) is 30.3 Å². The number of aromatic nitrogens is 3. The Morgan fingerprint density at radius 3 is 2.91 bits per heavy atom. The van der Waals surface area contributed by atoms with Crippen LogP contribution in [0.2, 0.25) is 5.02 Å². The Hall–Kier alpha value is -2.25. The fraction of sp³-hybridized carbons (Fsp3) is 0.200. The lowest BCUT2D eigenvalue weighted by Crippen LogP contribution is -2.56. The van der Waals surface area contributed by atoms with E-state index in [1.54, 1.807) is 35.4 Å². The second-order valence-electron chi connectivity index (χ2n) is 5.21. The molecule has 2 aromatic heterocycles. The standard InChI is InChI=1S/C15H11ClN4O2S/c16-11-2-1-5-17-14(11)22-10-7-20(8-10)15(21)9-3-4-12-13(6-9)19-23-18-12/h1-6,10H,7-8H2. The minimum Gasteiger partial charge on any atom is -0.470 e. The van der Waals surface area contributed by atoms with Gasteiger partial charge in [0.2, 0.25) is 5.88 Å². The largest absolute Gasteiger partial charge is 0.470 e. The molecule has 4 rings (SSSR count). The van der Waals surface area contributed by atoms with Crippen molar-refractivity contribution in [1.29, 1.82) is 0 Å². The second-order valence-corrected chi connectivity index (χ2v) is 6.14. The van der Waals surface area contributed by atoms with Gasteiger partial charge in [-0.1, -0.05) is 11.6 Å². The van der Waals surface area contributed by atoms with Crippen LogP contribution in [0, 0.1) is 0 Å². The Bertz CT molecular complexity index is 879. The number of amides is 1. The first-order valence-corrected chi connectivity index (χ1v) is 8.10. The first kappa shape index (κ1) is 14.3. The maximum atomic E-state index is 12.4. The van der Waals surface area contributed by atoms with Crippen molar-refractivity contribution >= 4 is 40.3 Å². The van der Waals surface area contributed by atoms with Gasteiger partial charge in [-0.3, -0.25) is 4.79 Å². The third-order valence-electron chi connectivity index (χ3n) is 3.64. The molecule has 0 spiro atoms. The molecular formula is C15H11ClN4O2S. The zero-order valence-electron chi connectivity index (χ0n) is 11.8. The fourth-order valence-corrected chi connectivity index (χ4v) is 3.08. The third kappa shape index (κ3) is 2.73. The van der Waals surface area contributed by atoms with E-state index in [-0.39, 0.29) is 12.0 Å². The molecule has 1 fully saturated rings. The summed E-state index contributed by atoms with van der Waals surface area (Å²) >= 11 is 7.15. The van der Waals surface area contributed by atoms with E-state index in [9.17, 15) is 4.79 Å². The molecule has 8 heteroatoms. The molecule has 3 aromatic rings. The third-order valence-corrected chi connectivity index (χ3v) is 4.48. The molecule has 1 aliphatic heterocycles. The average Bonchev–Trinajstić information content (AvgIpc) is 2.99. The molecule has 116 valence electrons. The lowest BCUT2D eigenvalue weighted by atomic mass is 10.1. The second kappa shape index (κ2) is 5.75. The van der Waals surface area contributed by atoms with Crippen molar-refractivity contribution in [3.63, 3.8) is 0 Å². The van der Waals surface area contributed by atoms with Crippen LogP contribution in [0.5, 0.6) is 5.88 Å². The van der Waals surface area contributed by atoms with Crippen LogP contribution in [0.1, 0.15) is 10.4 Å². The predicted octanol–water partition coefficient (Wildman–Crippen LogP) is 2.64. The van der Waals surface area contributed by atoms with Crippen molar-refractivity contribution < 1.29 is 9.53 Å². The smallest absolute Gasteiger partial charge is 0.254 e. The number of hydrogen-bond donors (Lipinski definition) is 0. The normalized spacial score (nSPS) is 14.7. The van der Waals surface area contributed by atoms with Crippen molar-refractivity contribution in [3.05, 3.63) is 47.1 Å². The Kier molecular flexibility index (Phi) is 3.59. The van der Waals surface area contributed by atoms with E-state index in [4.69, 9.17) is 16.3 Å². The number of rotatable bonds is 3. The van der Waals surface area contributed by atoms with Crippen LogP contribution in [0.4, 0.5) is 0 Å². The first-order chi connectivity index (χ1) is 11.2. The van der Waals surface area contributed by atoms with E-state index in [2.05, 4.69) is 13.7 Å². The van der Waals surface area contributed by atoms with Gasteiger partial charge in [-0.25, -0.2) is 4.98 Å². The summed E-state index contributed by atoms with van der Waals surface area (Å²) in [5.74, 6) is 0.369. The van der Waals surface area contributed by atoms with Crippen LogP contribution < -0.4 is 4.74 Å². The molecule has 0 radical (unpaired) electrons. The SMILES string of the molecule is O=C(c1ccc2nsnc2c1)N1CC(Oc2ncccc2Cl)C1. The summed E-state index contributed by atoms with van der Waals surface area (Å²) in [5, 5.41) is 0.471. The monoisotopic (exact) mass is 346 g/mol. The maximum absolute atomic E-state index is 12.4. The zero-order valence-corrected chi connectivity index (χ0v) is 13.4. The summed E-state index contributed by atoms with van der Waals surface area (Å²) in [6, 6.07) is 8.83. The van der Waals surface area contributed by atoms with E-state index in [0.717, 1.165) is 22.8 Å². The van der Waals surface area contributed by atoms with Gasteiger partial charge in [-0.15, -0.1) is 0 Å². The number of carbonyl (C=O) groups is 1. The summed E-state index contributed by atoms with van der Waals surface area (Å²) in [5.41, 5.74) is 2.16. The maximum Gasteiger partial charge on any atom is 0.254 e. The number of ether oxygens (including phenoxy) is 1. The van der Waals surface area contributed by atoms with Gasteiger partial charge < -0.3 is 9.64 Å². The number of pyridine rings is 1. The number of fused-ring (bicyclic) bond motifs is 1. The molecule has 23 heavy (non-hydrogen) atoms. The van der Waals surface area contributed by atoms with Crippen LogP contribution in [0.25, 0.3) is 11.0 Å². The van der Waals surface area contributed by atoms with E-state index >= 15 is 0 Å². The first-order valence-electron chi connectivity index (χ1n) is 6.99. The molecule has 1 aliphatic rings. The number of halogens is 1. The average molecular weight is 347 g/mol. The number of nitrogens with zero attached hydrogens (tertiary/aromatic N) is 4. The Morgan fingerprint density at radius 2 is 2.09 bits per heavy atom. The highest BCUT2D eigenvalue weighted by atomic mass is 35.5. The Labute approximate surface area is 141 Å². The quantitative estimate of drug-likeness (QED) is 0.729. The molecule has 1 aromatic carbocycles. The van der Waals surface area contributed by atoms with Gasteiger partial charge in [0.1, 0.15) is 22.2 Å². The molecule has 0 unspecified atom stereocenters. The van der Waals surface area contributed by atoms with Gasteiger partial charge in [0, 0.05) is 11.8 Å². The van der Waals surface area contributed by atoms with Crippen molar-refractivity contribution in [2.24, 2.45) is 0 Å². The van der Waals surface area contributed by atoms with Gasteiger partial charge in [0.25, 0.3) is 5.91 Å². The Balaban J connectivity index is 1.41. The van der Waals surface area contributed by atoms with E-state index in [0.29, 0.717) is 29.6 Å². The highest BCUT2D eigenvalue weighted by Crippen LogP contribution is 2.25. The van der Waals surface area contributed by atoms with Gasteiger partial charge in [-0.2, -0.15) is 8.75 Å². The fourth-order valence-electron chi connectivity index (χ4n) is 2.39. The summed E-state index contributed by atoms with van der Waals surface area (Å²) in [4.78, 5) is 18.3. The summed E-state index contributed by atoms with van der Waals surface area (Å²) < 4.78 is 14.0.